The van der Waals surface area contributed by atoms with E-state index in [4.69, 9.17) is 4.74 Å². The summed E-state index contributed by atoms with van der Waals surface area (Å²) in [4.78, 5) is 1.49. The summed E-state index contributed by atoms with van der Waals surface area (Å²) < 4.78 is 5.26. The van der Waals surface area contributed by atoms with Crippen molar-refractivity contribution in [3.05, 3.63) is 22.4 Å². The lowest BCUT2D eigenvalue weighted by Crippen LogP contribution is -1.93. The summed E-state index contributed by atoms with van der Waals surface area (Å²) in [6.07, 6.45) is 3.65. The van der Waals surface area contributed by atoms with Gasteiger partial charge in [0.25, 0.3) is 0 Å². The molecule has 12 heavy (non-hydrogen) atoms. The van der Waals surface area contributed by atoms with E-state index in [2.05, 4.69) is 17.5 Å². The maximum Gasteiger partial charge on any atom is 0.0466 e. The van der Waals surface area contributed by atoms with Gasteiger partial charge in [-0.25, -0.2) is 0 Å². The fourth-order valence-corrected chi connectivity index (χ4v) is 1.85. The Morgan fingerprint density at radius 2 is 2.33 bits per heavy atom. The van der Waals surface area contributed by atoms with Crippen molar-refractivity contribution in [1.82, 2.24) is 0 Å². The zero-order chi connectivity index (χ0) is 8.65. The Balaban J connectivity index is 1.96. The van der Waals surface area contributed by atoms with Crippen LogP contribution in [-0.2, 0) is 11.2 Å². The first-order valence-electron chi connectivity index (χ1n) is 4.53. The molecule has 0 saturated heterocycles. The van der Waals surface area contributed by atoms with Gasteiger partial charge in [-0.3, -0.25) is 0 Å². The van der Waals surface area contributed by atoms with Gasteiger partial charge in [-0.1, -0.05) is 6.07 Å². The Morgan fingerprint density at radius 3 is 3.00 bits per heavy atom. The highest BCUT2D eigenvalue weighted by Crippen LogP contribution is 2.11. The third-order valence-corrected chi connectivity index (χ3v) is 2.68. The molecule has 0 aliphatic carbocycles. The van der Waals surface area contributed by atoms with Gasteiger partial charge in [-0.05, 0) is 37.6 Å². The van der Waals surface area contributed by atoms with Crippen LogP contribution in [0.5, 0.6) is 0 Å². The normalized spacial score (nSPS) is 10.4. The van der Waals surface area contributed by atoms with Crippen molar-refractivity contribution in [3.8, 4) is 0 Å². The average molecular weight is 184 g/mol. The molecule has 0 aliphatic heterocycles. The van der Waals surface area contributed by atoms with Crippen molar-refractivity contribution >= 4 is 11.3 Å². The molecule has 1 aromatic heterocycles. The summed E-state index contributed by atoms with van der Waals surface area (Å²) in [5.74, 6) is 0. The van der Waals surface area contributed by atoms with Gasteiger partial charge in [-0.15, -0.1) is 11.3 Å². The second-order valence-electron chi connectivity index (χ2n) is 2.73. The van der Waals surface area contributed by atoms with Gasteiger partial charge < -0.3 is 4.74 Å². The zero-order valence-electron chi connectivity index (χ0n) is 7.58. The van der Waals surface area contributed by atoms with Crippen molar-refractivity contribution in [3.63, 3.8) is 0 Å². The van der Waals surface area contributed by atoms with Crippen molar-refractivity contribution in [2.24, 2.45) is 0 Å². The molecule has 68 valence electrons. The topological polar surface area (TPSA) is 9.23 Å². The minimum Gasteiger partial charge on any atom is -0.382 e. The number of rotatable bonds is 6. The molecule has 0 N–H and O–H groups in total. The first-order chi connectivity index (χ1) is 5.93. The monoisotopic (exact) mass is 184 g/mol. The third-order valence-electron chi connectivity index (χ3n) is 1.75. The van der Waals surface area contributed by atoms with Crippen molar-refractivity contribution in [2.45, 2.75) is 26.2 Å². The fourth-order valence-electron chi connectivity index (χ4n) is 1.10. The van der Waals surface area contributed by atoms with E-state index in [-0.39, 0.29) is 0 Å². The highest BCUT2D eigenvalue weighted by Gasteiger charge is 1.93. The summed E-state index contributed by atoms with van der Waals surface area (Å²) in [7, 11) is 0. The molecular weight excluding hydrogens is 168 g/mol. The summed E-state index contributed by atoms with van der Waals surface area (Å²) in [6.45, 7) is 3.81. The molecule has 1 nitrogen and oxygen atoms in total. The molecule has 0 amide bonds. The molecular formula is C10H16OS. The minimum atomic E-state index is 0.846. The number of aryl methyl sites for hydroxylation is 1. The Hall–Kier alpha value is -0.340. The van der Waals surface area contributed by atoms with Crippen LogP contribution in [-0.4, -0.2) is 13.2 Å². The Morgan fingerprint density at radius 1 is 1.42 bits per heavy atom. The molecule has 0 atom stereocenters. The van der Waals surface area contributed by atoms with E-state index in [1.807, 2.05) is 18.3 Å². The van der Waals surface area contributed by atoms with Crippen molar-refractivity contribution in [1.29, 1.82) is 0 Å². The second kappa shape index (κ2) is 6.21. The van der Waals surface area contributed by atoms with Gasteiger partial charge >= 0.3 is 0 Å². The van der Waals surface area contributed by atoms with E-state index in [9.17, 15) is 0 Å². The Labute approximate surface area is 78.4 Å². The molecule has 0 radical (unpaired) electrons. The minimum absolute atomic E-state index is 0.846. The molecule has 0 bridgehead atoms. The van der Waals surface area contributed by atoms with Crippen LogP contribution in [0.25, 0.3) is 0 Å². The largest absolute Gasteiger partial charge is 0.382 e. The lowest BCUT2D eigenvalue weighted by molar-refractivity contribution is 0.143. The summed E-state index contributed by atoms with van der Waals surface area (Å²) >= 11 is 1.85. The second-order valence-corrected chi connectivity index (χ2v) is 3.77. The summed E-state index contributed by atoms with van der Waals surface area (Å²) in [5.41, 5.74) is 0. The van der Waals surface area contributed by atoms with Gasteiger partial charge in [0.05, 0.1) is 0 Å². The fraction of sp³-hybridized carbons (Fsp3) is 0.600. The van der Waals surface area contributed by atoms with Crippen LogP contribution in [0.1, 0.15) is 24.6 Å². The summed E-state index contributed by atoms with van der Waals surface area (Å²) in [6, 6.07) is 4.31. The van der Waals surface area contributed by atoms with Gasteiger partial charge in [0.2, 0.25) is 0 Å². The van der Waals surface area contributed by atoms with Crippen LogP contribution in [0.4, 0.5) is 0 Å². The molecule has 0 aromatic carbocycles. The number of thiophene rings is 1. The van der Waals surface area contributed by atoms with Crippen LogP contribution in [0.3, 0.4) is 0 Å². The number of ether oxygens (including phenoxy) is 1. The first kappa shape index (κ1) is 9.75. The number of hydrogen-bond acceptors (Lipinski definition) is 2. The van der Waals surface area contributed by atoms with E-state index >= 15 is 0 Å². The highest BCUT2D eigenvalue weighted by molar-refractivity contribution is 7.09. The highest BCUT2D eigenvalue weighted by atomic mass is 32.1. The van der Waals surface area contributed by atoms with Crippen LogP contribution in [0, 0.1) is 0 Å². The predicted octanol–water partition coefficient (Wildman–Crippen LogP) is 3.11. The van der Waals surface area contributed by atoms with Crippen LogP contribution in [0.15, 0.2) is 17.5 Å². The van der Waals surface area contributed by atoms with Gasteiger partial charge in [0.1, 0.15) is 0 Å². The Kier molecular flexibility index (Phi) is 5.04. The molecule has 0 fully saturated rings. The summed E-state index contributed by atoms with van der Waals surface area (Å²) in [5, 5.41) is 2.14. The zero-order valence-corrected chi connectivity index (χ0v) is 8.40. The van der Waals surface area contributed by atoms with E-state index in [1.165, 1.54) is 24.1 Å². The van der Waals surface area contributed by atoms with E-state index in [0.29, 0.717) is 0 Å². The van der Waals surface area contributed by atoms with E-state index < -0.39 is 0 Å². The maximum atomic E-state index is 5.26. The Bertz CT molecular complexity index is 182. The standard InChI is InChI=1S/C10H16OS/c1-2-11-8-4-3-6-10-7-5-9-12-10/h5,7,9H,2-4,6,8H2,1H3. The molecule has 0 unspecified atom stereocenters. The molecule has 1 heterocycles. The van der Waals surface area contributed by atoms with Crippen LogP contribution in [0.2, 0.25) is 0 Å². The molecule has 1 aromatic rings. The number of hydrogen-bond donors (Lipinski definition) is 0. The molecule has 0 saturated carbocycles. The first-order valence-corrected chi connectivity index (χ1v) is 5.41. The lowest BCUT2D eigenvalue weighted by Gasteiger charge is -1.99. The van der Waals surface area contributed by atoms with Crippen molar-refractivity contribution < 1.29 is 4.74 Å². The third kappa shape index (κ3) is 3.88. The quantitative estimate of drug-likeness (QED) is 0.617. The van der Waals surface area contributed by atoms with E-state index in [1.54, 1.807) is 0 Å². The molecule has 0 aliphatic rings. The van der Waals surface area contributed by atoms with Crippen LogP contribution >= 0.6 is 11.3 Å². The molecule has 1 rings (SSSR count). The average Bonchev–Trinajstić information content (AvgIpc) is 2.57. The number of unbranched alkanes of at least 4 members (excludes halogenated alkanes) is 1. The maximum absolute atomic E-state index is 5.26. The van der Waals surface area contributed by atoms with Crippen molar-refractivity contribution in [2.75, 3.05) is 13.2 Å². The van der Waals surface area contributed by atoms with Gasteiger partial charge in [-0.2, -0.15) is 0 Å². The van der Waals surface area contributed by atoms with E-state index in [0.717, 1.165) is 13.2 Å². The molecule has 2 heteroatoms. The van der Waals surface area contributed by atoms with Gasteiger partial charge in [0, 0.05) is 18.1 Å². The van der Waals surface area contributed by atoms with Gasteiger partial charge in [0.15, 0.2) is 0 Å². The van der Waals surface area contributed by atoms with Crippen LogP contribution < -0.4 is 0 Å². The lowest BCUT2D eigenvalue weighted by atomic mass is 10.2. The predicted molar refractivity (Wildman–Crippen MR) is 53.8 cm³/mol. The smallest absolute Gasteiger partial charge is 0.0466 e. The molecule has 0 spiro atoms. The SMILES string of the molecule is CCOCCCCc1cccs1.